The van der Waals surface area contributed by atoms with Gasteiger partial charge in [-0.1, -0.05) is 23.7 Å². The number of nitrogens with one attached hydrogen (secondary N) is 1. The van der Waals surface area contributed by atoms with Crippen LogP contribution in [-0.2, 0) is 6.61 Å². The van der Waals surface area contributed by atoms with Crippen LogP contribution in [-0.4, -0.2) is 16.1 Å². The first-order valence-electron chi connectivity index (χ1n) is 8.19. The van der Waals surface area contributed by atoms with Crippen molar-refractivity contribution in [1.82, 2.24) is 4.98 Å². The molecule has 0 fully saturated rings. The Labute approximate surface area is 199 Å². The van der Waals surface area contributed by atoms with Gasteiger partial charge in [0.05, 0.1) is 18.3 Å². The second-order valence-corrected chi connectivity index (χ2v) is 8.49. The Bertz CT molecular complexity index is 1040. The molecule has 148 valence electrons. The zero-order valence-corrected chi connectivity index (χ0v) is 19.8. The van der Waals surface area contributed by atoms with Crippen molar-refractivity contribution in [2.24, 2.45) is 5.10 Å². The standard InChI is InChI=1S/C19H13ClI2N4O3/c20-14-5-3-12(4-6-14)11-29-18-15(21)8-13(9-16(18)22)10-24-25-19-17(26(27)28)2-1-7-23-19/h1-10H,11H2,(H,23,25)/b24-10-. The molecule has 0 spiro atoms. The number of pyridine rings is 1. The Morgan fingerprint density at radius 2 is 1.90 bits per heavy atom. The zero-order chi connectivity index (χ0) is 20.8. The maximum Gasteiger partial charge on any atom is 0.313 e. The Morgan fingerprint density at radius 3 is 2.55 bits per heavy atom. The molecule has 0 saturated carbocycles. The number of anilines is 1. The van der Waals surface area contributed by atoms with Crippen LogP contribution in [0.2, 0.25) is 5.02 Å². The van der Waals surface area contributed by atoms with E-state index in [1.165, 1.54) is 18.3 Å². The van der Waals surface area contributed by atoms with Crippen LogP contribution in [0.5, 0.6) is 5.75 Å². The largest absolute Gasteiger partial charge is 0.487 e. The van der Waals surface area contributed by atoms with Gasteiger partial charge in [0, 0.05) is 17.3 Å². The average molecular weight is 635 g/mol. The minimum absolute atomic E-state index is 0.0843. The number of nitro groups is 1. The fourth-order valence-electron chi connectivity index (χ4n) is 2.33. The molecule has 2 aromatic carbocycles. The monoisotopic (exact) mass is 634 g/mol. The molecule has 0 aliphatic rings. The van der Waals surface area contributed by atoms with Crippen LogP contribution in [0.4, 0.5) is 11.5 Å². The molecule has 0 aliphatic heterocycles. The highest BCUT2D eigenvalue weighted by atomic mass is 127. The smallest absolute Gasteiger partial charge is 0.313 e. The van der Waals surface area contributed by atoms with Crippen LogP contribution in [0.15, 0.2) is 59.8 Å². The van der Waals surface area contributed by atoms with E-state index in [0.29, 0.717) is 11.6 Å². The van der Waals surface area contributed by atoms with Gasteiger partial charge in [-0.3, -0.25) is 15.5 Å². The van der Waals surface area contributed by atoms with Crippen molar-refractivity contribution in [2.75, 3.05) is 5.43 Å². The highest BCUT2D eigenvalue weighted by Crippen LogP contribution is 2.29. The SMILES string of the molecule is O=[N+]([O-])c1cccnc1N/N=C\c1cc(I)c(OCc2ccc(Cl)cc2)c(I)c1. The predicted molar refractivity (Wildman–Crippen MR) is 130 cm³/mol. The first kappa shape index (κ1) is 21.7. The quantitative estimate of drug-likeness (QED) is 0.152. The fraction of sp³-hybridized carbons (Fsp3) is 0.0526. The van der Waals surface area contributed by atoms with Crippen molar-refractivity contribution >= 4 is 74.5 Å². The molecule has 1 N–H and O–H groups in total. The number of benzene rings is 2. The number of rotatable bonds is 7. The van der Waals surface area contributed by atoms with Gasteiger partial charge in [-0.05, 0) is 86.6 Å². The van der Waals surface area contributed by atoms with Crippen molar-refractivity contribution in [2.45, 2.75) is 6.61 Å². The second-order valence-electron chi connectivity index (χ2n) is 5.73. The third-order valence-corrected chi connectivity index (χ3v) is 5.54. The summed E-state index contributed by atoms with van der Waals surface area (Å²) < 4.78 is 7.81. The average Bonchev–Trinajstić information content (AvgIpc) is 2.69. The molecule has 0 unspecified atom stereocenters. The number of halogens is 3. The van der Waals surface area contributed by atoms with E-state index in [2.05, 4.69) is 60.7 Å². The van der Waals surface area contributed by atoms with Crippen LogP contribution >= 0.6 is 56.8 Å². The Hall–Kier alpha value is -1.99. The maximum absolute atomic E-state index is 11.0. The third kappa shape index (κ3) is 6.00. The molecule has 1 aromatic heterocycles. The van der Waals surface area contributed by atoms with Gasteiger partial charge in [-0.15, -0.1) is 0 Å². The Kier molecular flexibility index (Phi) is 7.61. The number of aromatic nitrogens is 1. The minimum atomic E-state index is -0.510. The lowest BCUT2D eigenvalue weighted by Crippen LogP contribution is -2.01. The van der Waals surface area contributed by atoms with E-state index < -0.39 is 4.92 Å². The molecular formula is C19H13ClI2N4O3. The topological polar surface area (TPSA) is 89.7 Å². The van der Waals surface area contributed by atoms with Gasteiger partial charge >= 0.3 is 5.69 Å². The molecule has 10 heteroatoms. The van der Waals surface area contributed by atoms with Gasteiger partial charge in [-0.25, -0.2) is 4.98 Å². The molecule has 1 heterocycles. The van der Waals surface area contributed by atoms with Crippen molar-refractivity contribution in [3.05, 3.63) is 88.1 Å². The summed E-state index contributed by atoms with van der Waals surface area (Å²) in [6.07, 6.45) is 3.04. The van der Waals surface area contributed by atoms with Gasteiger partial charge in [-0.2, -0.15) is 5.10 Å². The highest BCUT2D eigenvalue weighted by molar-refractivity contribution is 14.1. The van der Waals surface area contributed by atoms with E-state index in [1.807, 2.05) is 36.4 Å². The molecule has 0 saturated heterocycles. The number of hydrazone groups is 1. The molecule has 0 aliphatic carbocycles. The highest BCUT2D eigenvalue weighted by Gasteiger charge is 2.13. The summed E-state index contributed by atoms with van der Waals surface area (Å²) >= 11 is 10.3. The number of hydrogen-bond acceptors (Lipinski definition) is 6. The van der Waals surface area contributed by atoms with Gasteiger partial charge < -0.3 is 4.74 Å². The normalized spacial score (nSPS) is 10.9. The van der Waals surface area contributed by atoms with Gasteiger partial charge in [0.15, 0.2) is 0 Å². The molecular weight excluding hydrogens is 621 g/mol. The molecule has 3 rings (SSSR count). The molecule has 0 radical (unpaired) electrons. The lowest BCUT2D eigenvalue weighted by atomic mass is 10.2. The van der Waals surface area contributed by atoms with Crippen molar-refractivity contribution in [3.8, 4) is 5.75 Å². The second kappa shape index (κ2) is 10.2. The van der Waals surface area contributed by atoms with E-state index in [-0.39, 0.29) is 11.5 Å². The maximum atomic E-state index is 11.0. The van der Waals surface area contributed by atoms with Crippen LogP contribution in [0.1, 0.15) is 11.1 Å². The summed E-state index contributed by atoms with van der Waals surface area (Å²) in [4.78, 5) is 14.4. The molecule has 29 heavy (non-hydrogen) atoms. The van der Waals surface area contributed by atoms with E-state index in [9.17, 15) is 10.1 Å². The minimum Gasteiger partial charge on any atom is -0.487 e. The first-order chi connectivity index (χ1) is 13.9. The van der Waals surface area contributed by atoms with Crippen LogP contribution in [0, 0.1) is 17.3 Å². The lowest BCUT2D eigenvalue weighted by molar-refractivity contribution is -0.384. The molecule has 0 amide bonds. The number of ether oxygens (including phenoxy) is 1. The fourth-order valence-corrected chi connectivity index (χ4v) is 4.58. The third-order valence-electron chi connectivity index (χ3n) is 3.68. The van der Waals surface area contributed by atoms with Gasteiger partial charge in [0.2, 0.25) is 5.82 Å². The summed E-state index contributed by atoms with van der Waals surface area (Å²) in [7, 11) is 0. The Morgan fingerprint density at radius 1 is 1.21 bits per heavy atom. The Balaban J connectivity index is 1.69. The van der Waals surface area contributed by atoms with Gasteiger partial charge in [0.25, 0.3) is 0 Å². The summed E-state index contributed by atoms with van der Waals surface area (Å²) in [6.45, 7) is 0.432. The number of nitrogens with zero attached hydrogens (tertiary/aromatic N) is 3. The van der Waals surface area contributed by atoms with Crippen molar-refractivity contribution in [3.63, 3.8) is 0 Å². The summed E-state index contributed by atoms with van der Waals surface area (Å²) in [5.41, 5.74) is 4.32. The molecule has 0 bridgehead atoms. The van der Waals surface area contributed by atoms with E-state index in [1.54, 1.807) is 6.21 Å². The van der Waals surface area contributed by atoms with Crippen LogP contribution in [0.3, 0.4) is 0 Å². The van der Waals surface area contributed by atoms with E-state index in [4.69, 9.17) is 16.3 Å². The zero-order valence-electron chi connectivity index (χ0n) is 14.7. The summed E-state index contributed by atoms with van der Waals surface area (Å²) in [6, 6.07) is 14.2. The van der Waals surface area contributed by atoms with Crippen molar-refractivity contribution in [1.29, 1.82) is 0 Å². The molecule has 3 aromatic rings. The first-order valence-corrected chi connectivity index (χ1v) is 10.7. The predicted octanol–water partition coefficient (Wildman–Crippen LogP) is 5.88. The van der Waals surface area contributed by atoms with E-state index >= 15 is 0 Å². The van der Waals surface area contributed by atoms with Crippen LogP contribution in [0.25, 0.3) is 0 Å². The lowest BCUT2D eigenvalue weighted by Gasteiger charge is -2.11. The molecule has 7 nitrogen and oxygen atoms in total. The van der Waals surface area contributed by atoms with Gasteiger partial charge in [0.1, 0.15) is 12.4 Å². The summed E-state index contributed by atoms with van der Waals surface area (Å²) in [5, 5.41) is 15.8. The number of hydrogen-bond donors (Lipinski definition) is 1. The van der Waals surface area contributed by atoms with E-state index in [0.717, 1.165) is 24.0 Å². The van der Waals surface area contributed by atoms with Crippen molar-refractivity contribution < 1.29 is 9.66 Å². The summed E-state index contributed by atoms with van der Waals surface area (Å²) in [5.74, 6) is 0.868. The molecule has 0 atom stereocenters. The van der Waals surface area contributed by atoms with Crippen LogP contribution < -0.4 is 10.2 Å².